The molecular formula is C14H19Cl3N2O3. The number of carbonyl (C=O) groups is 2. The first kappa shape index (κ1) is 19.3. The summed E-state index contributed by atoms with van der Waals surface area (Å²) in [6.07, 6.45) is 2.59. The van der Waals surface area contributed by atoms with Gasteiger partial charge in [0.2, 0.25) is 11.6 Å². The molecule has 0 radical (unpaired) electrons. The van der Waals surface area contributed by atoms with Crippen LogP contribution in [-0.2, 0) is 9.59 Å². The Morgan fingerprint density at radius 1 is 0.773 bits per heavy atom. The predicted octanol–water partition coefficient (Wildman–Crippen LogP) is 1.22. The van der Waals surface area contributed by atoms with Crippen molar-refractivity contribution in [3.05, 3.63) is 23.5 Å². The highest BCUT2D eigenvalue weighted by atomic mass is 35.5. The SMILES string of the molecule is O=C1C=C(N(CCCl)CCCl)C(=O)C=C1N(CCO)CCCl. The summed E-state index contributed by atoms with van der Waals surface area (Å²) in [5.74, 6) is 0.384. The first-order chi connectivity index (χ1) is 10.6. The van der Waals surface area contributed by atoms with Crippen LogP contribution >= 0.6 is 34.8 Å². The Morgan fingerprint density at radius 3 is 1.45 bits per heavy atom. The summed E-state index contributed by atoms with van der Waals surface area (Å²) < 4.78 is 0. The molecule has 0 bridgehead atoms. The zero-order valence-electron chi connectivity index (χ0n) is 12.1. The number of halogens is 3. The third-order valence-electron chi connectivity index (χ3n) is 3.16. The van der Waals surface area contributed by atoms with Crippen molar-refractivity contribution in [1.29, 1.82) is 0 Å². The minimum atomic E-state index is -0.290. The van der Waals surface area contributed by atoms with Gasteiger partial charge in [-0.15, -0.1) is 34.8 Å². The van der Waals surface area contributed by atoms with Gasteiger partial charge >= 0.3 is 0 Å². The van der Waals surface area contributed by atoms with Gasteiger partial charge in [0.05, 0.1) is 18.0 Å². The first-order valence-electron chi connectivity index (χ1n) is 6.89. The molecule has 0 saturated heterocycles. The van der Waals surface area contributed by atoms with Crippen molar-refractivity contribution in [2.45, 2.75) is 0 Å². The van der Waals surface area contributed by atoms with E-state index in [9.17, 15) is 9.59 Å². The summed E-state index contributed by atoms with van der Waals surface area (Å²) in [5.41, 5.74) is 0.546. The molecule has 1 rings (SSSR count). The van der Waals surface area contributed by atoms with Gasteiger partial charge in [-0.1, -0.05) is 0 Å². The van der Waals surface area contributed by atoms with Gasteiger partial charge in [0.1, 0.15) is 0 Å². The number of ketones is 2. The van der Waals surface area contributed by atoms with Gasteiger partial charge in [-0.05, 0) is 0 Å². The summed E-state index contributed by atoms with van der Waals surface area (Å²) >= 11 is 17.1. The number of aliphatic hydroxyl groups is 1. The van der Waals surface area contributed by atoms with Crippen LogP contribution in [0.15, 0.2) is 23.5 Å². The molecule has 0 aromatic rings. The molecule has 0 spiro atoms. The highest BCUT2D eigenvalue weighted by Crippen LogP contribution is 2.19. The van der Waals surface area contributed by atoms with Crippen molar-refractivity contribution < 1.29 is 14.7 Å². The molecule has 22 heavy (non-hydrogen) atoms. The number of hydrogen-bond donors (Lipinski definition) is 1. The number of rotatable bonds is 10. The first-order valence-corrected chi connectivity index (χ1v) is 8.50. The quantitative estimate of drug-likeness (QED) is 0.463. The molecule has 1 N–H and O–H groups in total. The van der Waals surface area contributed by atoms with Crippen molar-refractivity contribution in [2.24, 2.45) is 0 Å². The predicted molar refractivity (Wildman–Crippen MR) is 88.6 cm³/mol. The van der Waals surface area contributed by atoms with Crippen molar-refractivity contribution in [3.8, 4) is 0 Å². The summed E-state index contributed by atoms with van der Waals surface area (Å²) in [5, 5.41) is 9.07. The van der Waals surface area contributed by atoms with E-state index < -0.39 is 0 Å². The number of allylic oxidation sites excluding steroid dienone is 2. The van der Waals surface area contributed by atoms with Crippen LogP contribution in [0.5, 0.6) is 0 Å². The lowest BCUT2D eigenvalue weighted by Crippen LogP contribution is -2.37. The second kappa shape index (κ2) is 10.1. The van der Waals surface area contributed by atoms with Crippen LogP contribution in [0.3, 0.4) is 0 Å². The van der Waals surface area contributed by atoms with Gasteiger partial charge in [0, 0.05) is 56.0 Å². The van der Waals surface area contributed by atoms with E-state index in [1.54, 1.807) is 9.80 Å². The Labute approximate surface area is 145 Å². The fourth-order valence-corrected chi connectivity index (χ4v) is 2.78. The van der Waals surface area contributed by atoms with Gasteiger partial charge in [-0.2, -0.15) is 0 Å². The standard InChI is InChI=1S/C14H19Cl3N2O3/c15-1-4-18(5-2-16)11-9-14(22)12(10-13(11)21)19(6-3-17)7-8-20/h9-10,20H,1-8H2. The van der Waals surface area contributed by atoms with Crippen LogP contribution < -0.4 is 0 Å². The van der Waals surface area contributed by atoms with E-state index in [2.05, 4.69) is 0 Å². The second-order valence-corrected chi connectivity index (χ2v) is 5.69. The van der Waals surface area contributed by atoms with E-state index >= 15 is 0 Å². The Kier molecular flexibility index (Phi) is 8.86. The van der Waals surface area contributed by atoms with Crippen molar-refractivity contribution in [1.82, 2.24) is 9.80 Å². The van der Waals surface area contributed by atoms with E-state index in [0.717, 1.165) is 0 Å². The molecule has 1 aliphatic carbocycles. The molecule has 1 aliphatic rings. The fraction of sp³-hybridized carbons (Fsp3) is 0.571. The normalized spacial score (nSPS) is 14.7. The lowest BCUT2D eigenvalue weighted by atomic mass is 10.0. The van der Waals surface area contributed by atoms with Crippen LogP contribution in [0, 0.1) is 0 Å². The summed E-state index contributed by atoms with van der Waals surface area (Å²) in [7, 11) is 0. The molecule has 5 nitrogen and oxygen atoms in total. The van der Waals surface area contributed by atoms with Gasteiger partial charge in [-0.25, -0.2) is 0 Å². The van der Waals surface area contributed by atoms with E-state index in [1.165, 1.54) is 12.2 Å². The molecular weight excluding hydrogens is 351 g/mol. The molecule has 0 heterocycles. The van der Waals surface area contributed by atoms with Crippen LogP contribution in [-0.4, -0.2) is 76.9 Å². The highest BCUT2D eigenvalue weighted by Gasteiger charge is 2.26. The zero-order valence-corrected chi connectivity index (χ0v) is 14.4. The third kappa shape index (κ3) is 5.16. The fourth-order valence-electron chi connectivity index (χ4n) is 2.16. The van der Waals surface area contributed by atoms with Crippen molar-refractivity contribution in [2.75, 3.05) is 50.4 Å². The molecule has 0 aromatic carbocycles. The Morgan fingerprint density at radius 2 is 1.14 bits per heavy atom. The zero-order chi connectivity index (χ0) is 16.5. The molecule has 8 heteroatoms. The average molecular weight is 370 g/mol. The van der Waals surface area contributed by atoms with E-state index in [1.807, 2.05) is 0 Å². The maximum Gasteiger partial charge on any atom is 0.204 e. The third-order valence-corrected chi connectivity index (χ3v) is 3.66. The van der Waals surface area contributed by atoms with Crippen LogP contribution in [0.25, 0.3) is 0 Å². The number of hydrogen-bond acceptors (Lipinski definition) is 5. The second-order valence-electron chi connectivity index (χ2n) is 4.55. The molecule has 0 atom stereocenters. The summed E-state index contributed by atoms with van der Waals surface area (Å²) in [6.45, 7) is 1.36. The number of carbonyl (C=O) groups excluding carboxylic acids is 2. The van der Waals surface area contributed by atoms with E-state index in [4.69, 9.17) is 39.9 Å². The maximum atomic E-state index is 12.3. The lowest BCUT2D eigenvalue weighted by molar-refractivity contribution is -0.117. The van der Waals surface area contributed by atoms with Gasteiger partial charge in [0.15, 0.2) is 0 Å². The largest absolute Gasteiger partial charge is 0.395 e. The minimum Gasteiger partial charge on any atom is -0.395 e. The molecule has 0 fully saturated rings. The maximum absolute atomic E-state index is 12.3. The molecule has 0 unspecified atom stereocenters. The summed E-state index contributed by atoms with van der Waals surface area (Å²) in [4.78, 5) is 27.9. The van der Waals surface area contributed by atoms with Crippen LogP contribution in [0.4, 0.5) is 0 Å². The molecule has 0 saturated carbocycles. The molecule has 0 aliphatic heterocycles. The average Bonchev–Trinajstić information content (AvgIpc) is 2.49. The van der Waals surface area contributed by atoms with Crippen molar-refractivity contribution in [3.63, 3.8) is 0 Å². The van der Waals surface area contributed by atoms with Gasteiger partial charge in [0.25, 0.3) is 0 Å². The lowest BCUT2D eigenvalue weighted by Gasteiger charge is -2.29. The molecule has 0 aromatic heterocycles. The van der Waals surface area contributed by atoms with E-state index in [-0.39, 0.29) is 30.4 Å². The number of nitrogens with zero attached hydrogens (tertiary/aromatic N) is 2. The van der Waals surface area contributed by atoms with E-state index in [0.29, 0.717) is 43.0 Å². The highest BCUT2D eigenvalue weighted by molar-refractivity contribution is 6.20. The van der Waals surface area contributed by atoms with Crippen LogP contribution in [0.2, 0.25) is 0 Å². The molecule has 124 valence electrons. The van der Waals surface area contributed by atoms with Gasteiger partial charge in [-0.3, -0.25) is 9.59 Å². The number of aliphatic hydroxyl groups excluding tert-OH is 1. The number of alkyl halides is 3. The van der Waals surface area contributed by atoms with Gasteiger partial charge < -0.3 is 14.9 Å². The van der Waals surface area contributed by atoms with Crippen LogP contribution in [0.1, 0.15) is 0 Å². The Balaban J connectivity index is 2.97. The minimum absolute atomic E-state index is 0.128. The Bertz CT molecular complexity index is 412. The Hall–Kier alpha value is -0.750. The topological polar surface area (TPSA) is 60.9 Å². The smallest absolute Gasteiger partial charge is 0.204 e. The summed E-state index contributed by atoms with van der Waals surface area (Å²) in [6, 6.07) is 0. The van der Waals surface area contributed by atoms with Crippen molar-refractivity contribution >= 4 is 46.4 Å². The molecule has 0 amide bonds. The monoisotopic (exact) mass is 368 g/mol.